The Morgan fingerprint density at radius 3 is 2.27 bits per heavy atom. The van der Waals surface area contributed by atoms with Crippen molar-refractivity contribution in [1.82, 2.24) is 0 Å². The molecular formula is C9H10O5S. The molecule has 82 valence electrons. The van der Waals surface area contributed by atoms with Crippen molar-refractivity contribution in [1.29, 1.82) is 0 Å². The molecule has 1 aromatic rings. The minimum absolute atomic E-state index is 0.171. The van der Waals surface area contributed by atoms with Gasteiger partial charge in [-0.3, -0.25) is 0 Å². The molecule has 15 heavy (non-hydrogen) atoms. The van der Waals surface area contributed by atoms with Crippen molar-refractivity contribution in [2.75, 3.05) is 12.9 Å². The van der Waals surface area contributed by atoms with Gasteiger partial charge in [0.15, 0.2) is 16.4 Å². The second-order valence-corrected chi connectivity index (χ2v) is 4.94. The summed E-state index contributed by atoms with van der Waals surface area (Å²) in [5.41, 5.74) is 0. The Hall–Kier alpha value is -1.56. The maximum absolute atomic E-state index is 11.1. The predicted molar refractivity (Wildman–Crippen MR) is 52.7 cm³/mol. The summed E-state index contributed by atoms with van der Waals surface area (Å²) in [5.74, 6) is -0.757. The highest BCUT2D eigenvalue weighted by atomic mass is 32.2. The average Bonchev–Trinajstić information content (AvgIpc) is 2.14. The molecule has 6 heteroatoms. The third-order valence-electron chi connectivity index (χ3n) is 1.61. The molecule has 0 spiro atoms. The van der Waals surface area contributed by atoms with Crippen molar-refractivity contribution >= 4 is 15.8 Å². The van der Waals surface area contributed by atoms with Crippen LogP contribution in [-0.4, -0.2) is 32.4 Å². The van der Waals surface area contributed by atoms with Gasteiger partial charge in [-0.2, -0.15) is 0 Å². The number of carboxylic acid groups (broad SMARTS) is 1. The number of carbonyl (C=O) groups is 1. The zero-order valence-electron chi connectivity index (χ0n) is 8.00. The zero-order valence-corrected chi connectivity index (χ0v) is 8.82. The molecule has 0 heterocycles. The van der Waals surface area contributed by atoms with Crippen LogP contribution in [0.25, 0.3) is 0 Å². The molecule has 0 amide bonds. The Morgan fingerprint density at radius 1 is 1.33 bits per heavy atom. The van der Waals surface area contributed by atoms with Gasteiger partial charge >= 0.3 is 5.97 Å². The summed E-state index contributed by atoms with van der Waals surface area (Å²) in [6, 6.07) is 5.57. The molecule has 1 rings (SSSR count). The van der Waals surface area contributed by atoms with Crippen LogP contribution in [0.4, 0.5) is 0 Å². The Bertz CT molecular complexity index is 446. The lowest BCUT2D eigenvalue weighted by atomic mass is 10.3. The summed E-state index contributed by atoms with van der Waals surface area (Å²) in [6.07, 6.45) is 1.10. The fraction of sp³-hybridized carbons (Fsp3) is 0.222. The SMILES string of the molecule is CS(=O)(=O)c1ccc(OCC(=O)O)cc1. The number of hydrogen-bond acceptors (Lipinski definition) is 4. The van der Waals surface area contributed by atoms with E-state index < -0.39 is 22.4 Å². The molecule has 5 nitrogen and oxygen atoms in total. The van der Waals surface area contributed by atoms with Crippen LogP contribution in [0.2, 0.25) is 0 Å². The standard InChI is InChI=1S/C9H10O5S/c1-15(12,13)8-4-2-7(3-5-8)14-6-9(10)11/h2-5H,6H2,1H3,(H,10,11). The minimum atomic E-state index is -3.22. The Labute approximate surface area is 87.2 Å². The summed E-state index contributed by atoms with van der Waals surface area (Å²) in [5, 5.41) is 8.34. The number of rotatable bonds is 4. The van der Waals surface area contributed by atoms with Gasteiger partial charge in [-0.15, -0.1) is 0 Å². The highest BCUT2D eigenvalue weighted by molar-refractivity contribution is 7.90. The quantitative estimate of drug-likeness (QED) is 0.817. The number of hydrogen-bond donors (Lipinski definition) is 1. The minimum Gasteiger partial charge on any atom is -0.482 e. The lowest BCUT2D eigenvalue weighted by Gasteiger charge is -2.03. The van der Waals surface area contributed by atoms with E-state index in [1.165, 1.54) is 24.3 Å². The molecule has 0 radical (unpaired) electrons. The molecule has 1 N–H and O–H groups in total. The van der Waals surface area contributed by atoms with E-state index in [0.717, 1.165) is 6.26 Å². The number of ether oxygens (including phenoxy) is 1. The van der Waals surface area contributed by atoms with Gasteiger partial charge in [0.05, 0.1) is 4.90 Å². The van der Waals surface area contributed by atoms with Crippen molar-refractivity contribution < 1.29 is 23.1 Å². The Kier molecular flexibility index (Phi) is 3.31. The molecule has 0 unspecified atom stereocenters. The van der Waals surface area contributed by atoms with Crippen LogP contribution in [0.15, 0.2) is 29.2 Å². The molecule has 0 saturated carbocycles. The van der Waals surface area contributed by atoms with Crippen molar-refractivity contribution in [3.05, 3.63) is 24.3 Å². The van der Waals surface area contributed by atoms with Crippen LogP contribution in [-0.2, 0) is 14.6 Å². The fourth-order valence-corrected chi connectivity index (χ4v) is 1.56. The maximum Gasteiger partial charge on any atom is 0.341 e. The first-order valence-corrected chi connectivity index (χ1v) is 5.93. The molecule has 0 aliphatic rings. The zero-order chi connectivity index (χ0) is 11.5. The smallest absolute Gasteiger partial charge is 0.341 e. The highest BCUT2D eigenvalue weighted by Gasteiger charge is 2.06. The number of sulfone groups is 1. The van der Waals surface area contributed by atoms with Crippen LogP contribution in [0.1, 0.15) is 0 Å². The molecule has 0 aromatic heterocycles. The molecule has 0 aliphatic carbocycles. The van der Waals surface area contributed by atoms with Crippen LogP contribution in [0, 0.1) is 0 Å². The topological polar surface area (TPSA) is 80.7 Å². The van der Waals surface area contributed by atoms with Crippen molar-refractivity contribution in [3.8, 4) is 5.75 Å². The summed E-state index contributed by atoms with van der Waals surface area (Å²) >= 11 is 0. The van der Waals surface area contributed by atoms with E-state index >= 15 is 0 Å². The van der Waals surface area contributed by atoms with Gasteiger partial charge in [-0.05, 0) is 24.3 Å². The first-order chi connectivity index (χ1) is 6.89. The van der Waals surface area contributed by atoms with E-state index in [1.54, 1.807) is 0 Å². The second kappa shape index (κ2) is 4.31. The predicted octanol–water partition coefficient (Wildman–Crippen LogP) is 0.553. The van der Waals surface area contributed by atoms with Gasteiger partial charge < -0.3 is 9.84 Å². The van der Waals surface area contributed by atoms with Crippen LogP contribution >= 0.6 is 0 Å². The first kappa shape index (κ1) is 11.5. The van der Waals surface area contributed by atoms with E-state index in [9.17, 15) is 13.2 Å². The van der Waals surface area contributed by atoms with E-state index in [4.69, 9.17) is 9.84 Å². The van der Waals surface area contributed by atoms with E-state index in [2.05, 4.69) is 0 Å². The third-order valence-corrected chi connectivity index (χ3v) is 2.74. The van der Waals surface area contributed by atoms with Crippen LogP contribution < -0.4 is 4.74 Å². The van der Waals surface area contributed by atoms with Crippen molar-refractivity contribution in [2.24, 2.45) is 0 Å². The number of carboxylic acids is 1. The fourth-order valence-electron chi connectivity index (χ4n) is 0.928. The van der Waals surface area contributed by atoms with Gasteiger partial charge in [0.2, 0.25) is 0 Å². The monoisotopic (exact) mass is 230 g/mol. The lowest BCUT2D eigenvalue weighted by Crippen LogP contribution is -2.09. The van der Waals surface area contributed by atoms with E-state index in [-0.39, 0.29) is 4.90 Å². The molecule has 0 atom stereocenters. The third kappa shape index (κ3) is 3.59. The molecule has 0 saturated heterocycles. The average molecular weight is 230 g/mol. The van der Waals surface area contributed by atoms with E-state index in [0.29, 0.717) is 5.75 Å². The summed E-state index contributed by atoms with van der Waals surface area (Å²) < 4.78 is 27.0. The summed E-state index contributed by atoms with van der Waals surface area (Å²) in [6.45, 7) is -0.446. The normalized spacial score (nSPS) is 11.0. The Morgan fingerprint density at radius 2 is 1.87 bits per heavy atom. The summed E-state index contributed by atoms with van der Waals surface area (Å²) in [7, 11) is -3.22. The van der Waals surface area contributed by atoms with Gasteiger partial charge in [-0.1, -0.05) is 0 Å². The van der Waals surface area contributed by atoms with Crippen molar-refractivity contribution in [2.45, 2.75) is 4.90 Å². The van der Waals surface area contributed by atoms with Gasteiger partial charge in [0, 0.05) is 6.26 Å². The molecule has 0 bridgehead atoms. The molecular weight excluding hydrogens is 220 g/mol. The van der Waals surface area contributed by atoms with Gasteiger partial charge in [0.25, 0.3) is 0 Å². The first-order valence-electron chi connectivity index (χ1n) is 4.04. The van der Waals surface area contributed by atoms with Crippen molar-refractivity contribution in [3.63, 3.8) is 0 Å². The number of benzene rings is 1. The highest BCUT2D eigenvalue weighted by Crippen LogP contribution is 2.15. The van der Waals surface area contributed by atoms with Crippen LogP contribution in [0.3, 0.4) is 0 Å². The van der Waals surface area contributed by atoms with Gasteiger partial charge in [0.1, 0.15) is 5.75 Å². The summed E-state index contributed by atoms with van der Waals surface area (Å²) in [4.78, 5) is 10.3. The number of aliphatic carboxylic acids is 1. The molecule has 1 aromatic carbocycles. The van der Waals surface area contributed by atoms with Gasteiger partial charge in [-0.25, -0.2) is 13.2 Å². The van der Waals surface area contributed by atoms with Crippen LogP contribution in [0.5, 0.6) is 5.75 Å². The Balaban J connectivity index is 2.77. The molecule has 0 aliphatic heterocycles. The van der Waals surface area contributed by atoms with E-state index in [1.807, 2.05) is 0 Å². The second-order valence-electron chi connectivity index (χ2n) is 2.93. The maximum atomic E-state index is 11.1. The molecule has 0 fully saturated rings. The lowest BCUT2D eigenvalue weighted by molar-refractivity contribution is -0.139. The largest absolute Gasteiger partial charge is 0.482 e.